The highest BCUT2D eigenvalue weighted by Crippen LogP contribution is 2.54. The molecule has 0 saturated carbocycles. The Morgan fingerprint density at radius 2 is 1.40 bits per heavy atom. The van der Waals surface area contributed by atoms with Gasteiger partial charge in [0.2, 0.25) is 6.41 Å². The second-order valence-electron chi connectivity index (χ2n) is 8.73. The molecule has 2 saturated heterocycles. The number of benzene rings is 2. The Labute approximate surface area is 285 Å². The summed E-state index contributed by atoms with van der Waals surface area (Å²) in [7, 11) is 0. The van der Waals surface area contributed by atoms with Crippen molar-refractivity contribution in [2.24, 2.45) is 0 Å². The number of aromatic nitrogens is 4. The largest absolute Gasteiger partial charge is 0.362 e. The summed E-state index contributed by atoms with van der Waals surface area (Å²) in [5.41, 5.74) is 2.11. The summed E-state index contributed by atoms with van der Waals surface area (Å²) in [5.74, 6) is 3.07. The van der Waals surface area contributed by atoms with E-state index in [9.17, 15) is 4.79 Å². The molecular formula is C28H20Cl4N6OS4. The average molecular weight is 727 g/mol. The minimum atomic E-state index is 0.219. The first-order valence-corrected chi connectivity index (χ1v) is 17.6. The molecule has 7 nitrogen and oxygen atoms in total. The Kier molecular flexibility index (Phi) is 11.4. The zero-order chi connectivity index (χ0) is 30.3. The number of thioether (sulfide) groups is 4. The highest BCUT2D eigenvalue weighted by Gasteiger charge is 2.28. The molecule has 43 heavy (non-hydrogen) atoms. The Morgan fingerprint density at radius 3 is 1.88 bits per heavy atom. The van der Waals surface area contributed by atoms with Crippen LogP contribution in [0.25, 0.3) is 16.5 Å². The van der Waals surface area contributed by atoms with Crippen LogP contribution >= 0.6 is 93.5 Å². The molecule has 1 N–H and O–H groups in total. The molecule has 0 aliphatic carbocycles. The van der Waals surface area contributed by atoms with Gasteiger partial charge in [-0.2, -0.15) is 0 Å². The van der Waals surface area contributed by atoms with Crippen molar-refractivity contribution in [1.29, 1.82) is 0 Å². The SMILES string of the molecule is O=CN/C(=C1/SCC(c2ccc(Cl)cc2Cl)S1)n1ccnc1.[C-]#[N+]/C(=C1/SCC(c2ccc(Cl)cc2Cl)S1)n1ccnc1. The first-order chi connectivity index (χ1) is 20.9. The molecule has 0 bridgehead atoms. The topological polar surface area (TPSA) is 69.1 Å². The highest BCUT2D eigenvalue weighted by atomic mass is 35.5. The molecule has 2 aliphatic rings. The number of imidazole rings is 2. The van der Waals surface area contributed by atoms with Crippen molar-refractivity contribution >= 4 is 112 Å². The second kappa shape index (κ2) is 15.2. The van der Waals surface area contributed by atoms with Crippen LogP contribution in [0.1, 0.15) is 21.6 Å². The van der Waals surface area contributed by atoms with E-state index >= 15 is 0 Å². The van der Waals surface area contributed by atoms with Crippen LogP contribution in [0.5, 0.6) is 0 Å². The summed E-state index contributed by atoms with van der Waals surface area (Å²) in [6.07, 6.45) is 10.9. The van der Waals surface area contributed by atoms with Crippen molar-refractivity contribution in [1.82, 2.24) is 24.4 Å². The number of amides is 1. The fourth-order valence-electron chi connectivity index (χ4n) is 4.05. The minimum absolute atomic E-state index is 0.219. The van der Waals surface area contributed by atoms with Crippen LogP contribution in [0, 0.1) is 6.57 Å². The van der Waals surface area contributed by atoms with Crippen LogP contribution in [0.2, 0.25) is 20.1 Å². The predicted molar refractivity (Wildman–Crippen MR) is 185 cm³/mol. The van der Waals surface area contributed by atoms with Crippen molar-refractivity contribution in [3.05, 3.63) is 125 Å². The van der Waals surface area contributed by atoms with Crippen molar-refractivity contribution in [3.63, 3.8) is 0 Å². The predicted octanol–water partition coefficient (Wildman–Crippen LogP) is 9.65. The zero-order valence-electron chi connectivity index (χ0n) is 21.9. The molecule has 2 aliphatic heterocycles. The van der Waals surface area contributed by atoms with Gasteiger partial charge in [-0.3, -0.25) is 13.9 Å². The molecule has 0 spiro atoms. The van der Waals surface area contributed by atoms with E-state index in [1.165, 1.54) is 0 Å². The van der Waals surface area contributed by atoms with Gasteiger partial charge in [-0.1, -0.05) is 65.1 Å². The van der Waals surface area contributed by atoms with Gasteiger partial charge >= 0.3 is 0 Å². The Balaban J connectivity index is 0.000000171. The zero-order valence-corrected chi connectivity index (χ0v) is 28.2. The summed E-state index contributed by atoms with van der Waals surface area (Å²) < 4.78 is 5.56. The molecule has 4 heterocycles. The lowest BCUT2D eigenvalue weighted by molar-refractivity contribution is -0.108. The highest BCUT2D eigenvalue weighted by molar-refractivity contribution is 8.26. The summed E-state index contributed by atoms with van der Waals surface area (Å²) in [6, 6.07) is 11.1. The van der Waals surface area contributed by atoms with E-state index in [0.29, 0.717) is 32.3 Å². The van der Waals surface area contributed by atoms with Gasteiger partial charge in [0.25, 0.3) is 5.82 Å². The fraction of sp³-hybridized carbons (Fsp3) is 0.143. The monoisotopic (exact) mass is 724 g/mol. The van der Waals surface area contributed by atoms with Gasteiger partial charge in [0.1, 0.15) is 12.1 Å². The van der Waals surface area contributed by atoms with Crippen molar-refractivity contribution in [3.8, 4) is 0 Å². The first-order valence-electron chi connectivity index (χ1n) is 12.4. The van der Waals surface area contributed by atoms with Gasteiger partial charge in [-0.25, -0.2) is 9.97 Å². The number of rotatable bonds is 6. The average Bonchev–Trinajstić information content (AvgIpc) is 3.81. The molecule has 2 aromatic carbocycles. The van der Waals surface area contributed by atoms with Crippen LogP contribution in [0.15, 0.2) is 82.3 Å². The number of nitrogens with zero attached hydrogens (tertiary/aromatic N) is 5. The van der Waals surface area contributed by atoms with Gasteiger partial charge in [-0.15, -0.1) is 47.0 Å². The molecule has 6 rings (SSSR count). The Morgan fingerprint density at radius 1 is 0.860 bits per heavy atom. The van der Waals surface area contributed by atoms with E-state index in [1.807, 2.05) is 24.3 Å². The quantitative estimate of drug-likeness (QED) is 0.157. The van der Waals surface area contributed by atoms with Crippen molar-refractivity contribution in [2.45, 2.75) is 10.5 Å². The molecule has 15 heteroatoms. The molecule has 0 radical (unpaired) electrons. The van der Waals surface area contributed by atoms with Gasteiger partial charge in [-0.05, 0) is 35.4 Å². The summed E-state index contributed by atoms with van der Waals surface area (Å²) >= 11 is 31.1. The fourth-order valence-corrected chi connectivity index (χ4v) is 11.1. The van der Waals surface area contributed by atoms with Crippen LogP contribution in [-0.2, 0) is 4.79 Å². The van der Waals surface area contributed by atoms with Crippen molar-refractivity contribution in [2.75, 3.05) is 11.5 Å². The standard InChI is InChI=1S/C14H11Cl2N3OS2.C14H9Cl2N3S2/c15-9-1-2-10(11(16)5-9)12-6-21-14(22-12)13(18-8-20)19-4-3-17-7-19;1-17-13(19-5-4-18-8-19)14-20-7-12(21-14)10-3-2-9(15)6-11(10)16/h1-5,7-8,12H,6H2,(H,18,20);2-6,8,12H,7H2/b2*14-13+. The van der Waals surface area contributed by atoms with Gasteiger partial charge < -0.3 is 10.2 Å². The van der Waals surface area contributed by atoms with Crippen molar-refractivity contribution < 1.29 is 4.79 Å². The van der Waals surface area contributed by atoms with E-state index in [1.54, 1.807) is 106 Å². The van der Waals surface area contributed by atoms with E-state index < -0.39 is 0 Å². The van der Waals surface area contributed by atoms with Crippen LogP contribution in [0.4, 0.5) is 0 Å². The van der Waals surface area contributed by atoms with E-state index in [0.717, 1.165) is 36.9 Å². The van der Waals surface area contributed by atoms with E-state index in [-0.39, 0.29) is 10.5 Å². The molecule has 4 aromatic rings. The third kappa shape index (κ3) is 7.93. The number of halogens is 4. The third-order valence-corrected chi connectivity index (χ3v) is 13.0. The Bertz CT molecular complexity index is 1710. The molecule has 2 fully saturated rings. The molecule has 1 amide bonds. The maximum Gasteiger partial charge on any atom is 0.255 e. The molecular weight excluding hydrogens is 706 g/mol. The Hall–Kier alpha value is -2.14. The van der Waals surface area contributed by atoms with Crippen LogP contribution in [0.3, 0.4) is 0 Å². The van der Waals surface area contributed by atoms with Gasteiger partial charge in [0, 0.05) is 54.5 Å². The molecule has 2 aromatic heterocycles. The summed E-state index contributed by atoms with van der Waals surface area (Å²) in [4.78, 5) is 22.5. The number of carbonyl (C=O) groups excluding carboxylic acids is 1. The molecule has 2 atom stereocenters. The van der Waals surface area contributed by atoms with E-state index in [2.05, 4.69) is 20.1 Å². The summed E-state index contributed by atoms with van der Waals surface area (Å²) in [5, 5.41) is 5.80. The normalized spacial score (nSPS) is 20.2. The third-order valence-electron chi connectivity index (χ3n) is 6.04. The van der Waals surface area contributed by atoms with Crippen LogP contribution in [-0.4, -0.2) is 37.0 Å². The smallest absolute Gasteiger partial charge is 0.255 e. The number of nitrogens with one attached hydrogen (secondary N) is 1. The number of carbonyl (C=O) groups is 1. The molecule has 2 unspecified atom stereocenters. The van der Waals surface area contributed by atoms with Crippen LogP contribution < -0.4 is 5.32 Å². The first kappa shape index (κ1) is 32.3. The van der Waals surface area contributed by atoms with Gasteiger partial charge in [0.05, 0.1) is 20.9 Å². The lowest BCUT2D eigenvalue weighted by atomic mass is 10.2. The maximum atomic E-state index is 10.9. The van der Waals surface area contributed by atoms with E-state index in [4.69, 9.17) is 53.0 Å². The van der Waals surface area contributed by atoms with Gasteiger partial charge in [0.15, 0.2) is 6.33 Å². The second-order valence-corrected chi connectivity index (χ2v) is 15.4. The maximum absolute atomic E-state index is 10.9. The number of hydrogen-bond donors (Lipinski definition) is 1. The minimum Gasteiger partial charge on any atom is -0.362 e. The molecule has 220 valence electrons. The summed E-state index contributed by atoms with van der Waals surface area (Å²) in [6.45, 7) is 7.39. The lowest BCUT2D eigenvalue weighted by Gasteiger charge is -2.12. The number of hydrogen-bond acceptors (Lipinski definition) is 7. The lowest BCUT2D eigenvalue weighted by Crippen LogP contribution is -2.15.